The lowest BCUT2D eigenvalue weighted by Crippen LogP contribution is -2.17. The first kappa shape index (κ1) is 21.0. The normalized spacial score (nSPS) is 11.4. The summed E-state index contributed by atoms with van der Waals surface area (Å²) in [6, 6.07) is 23.1. The van der Waals surface area contributed by atoms with Crippen molar-refractivity contribution in [2.45, 2.75) is 31.4 Å². The van der Waals surface area contributed by atoms with Gasteiger partial charge in [0.1, 0.15) is 12.4 Å². The summed E-state index contributed by atoms with van der Waals surface area (Å²) in [4.78, 5) is 0.136. The van der Waals surface area contributed by atoms with Crippen LogP contribution in [-0.2, 0) is 29.6 Å². The van der Waals surface area contributed by atoms with E-state index in [1.54, 1.807) is 24.3 Å². The molecule has 0 radical (unpaired) electrons. The van der Waals surface area contributed by atoms with Gasteiger partial charge >= 0.3 is 0 Å². The second-order valence-electron chi connectivity index (χ2n) is 7.04. The molecular weight excluding hydrogens is 384 g/mol. The number of hydrogen-bond acceptors (Lipinski definition) is 4. The van der Waals surface area contributed by atoms with Crippen molar-refractivity contribution < 1.29 is 13.2 Å². The molecule has 0 atom stereocenters. The third-order valence-electron chi connectivity index (χ3n) is 4.60. The number of aryl methyl sites for hydroxylation is 1. The van der Waals surface area contributed by atoms with Gasteiger partial charge in [-0.1, -0.05) is 54.1 Å². The van der Waals surface area contributed by atoms with Gasteiger partial charge in [-0.2, -0.15) is 0 Å². The molecule has 29 heavy (non-hydrogen) atoms. The summed E-state index contributed by atoms with van der Waals surface area (Å²) in [5.74, 6) is 0.850. The molecule has 0 fully saturated rings. The third kappa shape index (κ3) is 6.71. The van der Waals surface area contributed by atoms with E-state index >= 15 is 0 Å². The van der Waals surface area contributed by atoms with Crippen LogP contribution in [0.1, 0.15) is 22.3 Å². The minimum Gasteiger partial charge on any atom is -0.489 e. The van der Waals surface area contributed by atoms with Gasteiger partial charge in [0.25, 0.3) is 0 Å². The summed E-state index contributed by atoms with van der Waals surface area (Å²) in [6.45, 7) is 4.13. The average molecular weight is 411 g/mol. The first-order valence-corrected chi connectivity index (χ1v) is 11.0. The van der Waals surface area contributed by atoms with Crippen molar-refractivity contribution >= 4 is 10.0 Å². The second kappa shape index (κ2) is 9.69. The summed E-state index contributed by atoms with van der Waals surface area (Å²) in [5.41, 5.74) is 4.59. The summed E-state index contributed by atoms with van der Waals surface area (Å²) >= 11 is 0. The van der Waals surface area contributed by atoms with Crippen molar-refractivity contribution in [3.05, 3.63) is 95.1 Å². The van der Waals surface area contributed by atoms with Crippen LogP contribution >= 0.6 is 0 Å². The molecule has 152 valence electrons. The molecule has 0 aliphatic heterocycles. The van der Waals surface area contributed by atoms with Crippen LogP contribution in [-0.4, -0.2) is 15.0 Å². The first-order chi connectivity index (χ1) is 13.9. The van der Waals surface area contributed by atoms with E-state index in [-0.39, 0.29) is 4.90 Å². The van der Waals surface area contributed by atoms with Gasteiger partial charge in [-0.3, -0.25) is 0 Å². The van der Waals surface area contributed by atoms with Crippen LogP contribution in [0.2, 0.25) is 0 Å². The zero-order valence-corrected chi connectivity index (χ0v) is 17.3. The van der Waals surface area contributed by atoms with Crippen molar-refractivity contribution in [1.82, 2.24) is 5.32 Å². The Kier molecular flexibility index (Phi) is 7.04. The maximum atomic E-state index is 11.3. The summed E-state index contributed by atoms with van der Waals surface area (Å²) in [7, 11) is -3.64. The molecule has 0 aliphatic rings. The van der Waals surface area contributed by atoms with Gasteiger partial charge in [0.15, 0.2) is 0 Å². The molecule has 3 rings (SSSR count). The van der Waals surface area contributed by atoms with Crippen molar-refractivity contribution in [2.24, 2.45) is 5.14 Å². The van der Waals surface area contributed by atoms with Crippen molar-refractivity contribution in [2.75, 3.05) is 6.54 Å². The van der Waals surface area contributed by atoms with E-state index in [2.05, 4.69) is 42.6 Å². The molecule has 0 saturated heterocycles. The second-order valence-corrected chi connectivity index (χ2v) is 8.60. The predicted octanol–water partition coefficient (Wildman–Crippen LogP) is 3.55. The van der Waals surface area contributed by atoms with Gasteiger partial charge in [0.2, 0.25) is 10.0 Å². The van der Waals surface area contributed by atoms with Crippen LogP contribution in [0, 0.1) is 6.92 Å². The first-order valence-electron chi connectivity index (χ1n) is 9.50. The smallest absolute Gasteiger partial charge is 0.238 e. The van der Waals surface area contributed by atoms with E-state index in [0.29, 0.717) is 6.61 Å². The Bertz CT molecular complexity index is 1030. The van der Waals surface area contributed by atoms with E-state index in [0.717, 1.165) is 42.0 Å². The average Bonchev–Trinajstić information content (AvgIpc) is 2.71. The zero-order chi connectivity index (χ0) is 20.7. The maximum Gasteiger partial charge on any atom is 0.238 e. The Morgan fingerprint density at radius 2 is 1.59 bits per heavy atom. The molecule has 0 amide bonds. The van der Waals surface area contributed by atoms with Crippen LogP contribution in [0.4, 0.5) is 0 Å². The standard InChI is InChI=1S/C23H26N2O3S/c1-18-5-7-20(8-6-18)17-28-22-4-2-3-21(15-22)16-25-14-13-19-9-11-23(12-10-19)29(24,26)27/h2-12,15,25H,13-14,16-17H2,1H3,(H2,24,26,27). The highest BCUT2D eigenvalue weighted by Gasteiger charge is 2.06. The van der Waals surface area contributed by atoms with Gasteiger partial charge in [-0.15, -0.1) is 0 Å². The van der Waals surface area contributed by atoms with E-state index < -0.39 is 10.0 Å². The van der Waals surface area contributed by atoms with E-state index in [1.807, 2.05) is 18.2 Å². The van der Waals surface area contributed by atoms with Crippen LogP contribution in [0.15, 0.2) is 77.7 Å². The Labute approximate surface area is 172 Å². The Balaban J connectivity index is 1.45. The number of hydrogen-bond donors (Lipinski definition) is 2. The molecule has 6 heteroatoms. The van der Waals surface area contributed by atoms with Gasteiger partial charge in [0.05, 0.1) is 4.90 Å². The zero-order valence-electron chi connectivity index (χ0n) is 16.5. The molecule has 0 heterocycles. The number of nitrogens with one attached hydrogen (secondary N) is 1. The molecule has 0 spiro atoms. The Hall–Kier alpha value is -2.67. The van der Waals surface area contributed by atoms with Gasteiger partial charge in [-0.25, -0.2) is 13.6 Å². The molecule has 0 bridgehead atoms. The van der Waals surface area contributed by atoms with Crippen LogP contribution in [0.25, 0.3) is 0 Å². The number of primary sulfonamides is 1. The quantitative estimate of drug-likeness (QED) is 0.529. The van der Waals surface area contributed by atoms with Gasteiger partial charge < -0.3 is 10.1 Å². The maximum absolute atomic E-state index is 11.3. The molecular formula is C23H26N2O3S. The van der Waals surface area contributed by atoms with E-state index in [1.165, 1.54) is 5.56 Å². The lowest BCUT2D eigenvalue weighted by atomic mass is 10.1. The van der Waals surface area contributed by atoms with Crippen molar-refractivity contribution in [3.63, 3.8) is 0 Å². The number of rotatable bonds is 9. The SMILES string of the molecule is Cc1ccc(COc2cccc(CNCCc3ccc(S(N)(=O)=O)cc3)c2)cc1. The molecule has 0 unspecified atom stereocenters. The fourth-order valence-electron chi connectivity index (χ4n) is 2.91. The van der Waals surface area contributed by atoms with Crippen molar-refractivity contribution in [3.8, 4) is 5.75 Å². The highest BCUT2D eigenvalue weighted by Crippen LogP contribution is 2.16. The lowest BCUT2D eigenvalue weighted by molar-refractivity contribution is 0.306. The minimum atomic E-state index is -3.64. The Morgan fingerprint density at radius 3 is 2.28 bits per heavy atom. The lowest BCUT2D eigenvalue weighted by Gasteiger charge is -2.10. The monoisotopic (exact) mass is 410 g/mol. The number of sulfonamides is 1. The number of ether oxygens (including phenoxy) is 1. The van der Waals surface area contributed by atoms with E-state index in [4.69, 9.17) is 9.88 Å². The van der Waals surface area contributed by atoms with Crippen molar-refractivity contribution in [1.29, 1.82) is 0 Å². The Morgan fingerprint density at radius 1 is 0.897 bits per heavy atom. The number of nitrogens with two attached hydrogens (primary N) is 1. The predicted molar refractivity (Wildman–Crippen MR) is 115 cm³/mol. The molecule has 0 aromatic heterocycles. The fourth-order valence-corrected chi connectivity index (χ4v) is 3.42. The topological polar surface area (TPSA) is 81.4 Å². The highest BCUT2D eigenvalue weighted by molar-refractivity contribution is 7.89. The van der Waals surface area contributed by atoms with Crippen LogP contribution in [0.5, 0.6) is 5.75 Å². The molecule has 0 saturated carbocycles. The summed E-state index contributed by atoms with van der Waals surface area (Å²) < 4.78 is 28.5. The number of benzene rings is 3. The summed E-state index contributed by atoms with van der Waals surface area (Å²) in [6.07, 6.45) is 0.800. The van der Waals surface area contributed by atoms with E-state index in [9.17, 15) is 8.42 Å². The third-order valence-corrected chi connectivity index (χ3v) is 5.53. The molecule has 0 aliphatic carbocycles. The van der Waals surface area contributed by atoms with Gasteiger partial charge in [-0.05, 0) is 60.8 Å². The summed E-state index contributed by atoms with van der Waals surface area (Å²) in [5, 5.41) is 8.52. The molecule has 3 N–H and O–H groups in total. The molecule has 5 nitrogen and oxygen atoms in total. The molecule has 3 aromatic rings. The molecule has 3 aromatic carbocycles. The minimum absolute atomic E-state index is 0.136. The largest absolute Gasteiger partial charge is 0.489 e. The van der Waals surface area contributed by atoms with Crippen LogP contribution < -0.4 is 15.2 Å². The highest BCUT2D eigenvalue weighted by atomic mass is 32.2. The van der Waals surface area contributed by atoms with Crippen LogP contribution in [0.3, 0.4) is 0 Å². The fraction of sp³-hybridized carbons (Fsp3) is 0.217. The van der Waals surface area contributed by atoms with Gasteiger partial charge in [0, 0.05) is 6.54 Å².